The van der Waals surface area contributed by atoms with Crippen molar-refractivity contribution in [1.82, 2.24) is 19.9 Å². The molecule has 0 aliphatic carbocycles. The number of anilines is 1. The molecule has 144 valence electrons. The number of hydrogen-bond donors (Lipinski definition) is 1. The molecule has 2 aromatic heterocycles. The molecular weight excluding hydrogens is 358 g/mol. The number of carbonyl (C=O) groups is 1. The fraction of sp³-hybridized carbons (Fsp3) is 0.250. The van der Waals surface area contributed by atoms with E-state index < -0.39 is 0 Å². The zero-order valence-corrected chi connectivity index (χ0v) is 15.8. The van der Waals surface area contributed by atoms with Crippen molar-refractivity contribution in [1.29, 1.82) is 0 Å². The van der Waals surface area contributed by atoms with E-state index in [-0.39, 0.29) is 12.4 Å². The number of rotatable bonds is 7. The molecule has 0 unspecified atom stereocenters. The summed E-state index contributed by atoms with van der Waals surface area (Å²) in [6.07, 6.45) is 4.76. The van der Waals surface area contributed by atoms with Crippen LogP contribution in [-0.4, -0.2) is 33.0 Å². The van der Waals surface area contributed by atoms with Crippen molar-refractivity contribution in [3.05, 3.63) is 65.5 Å². The van der Waals surface area contributed by atoms with Gasteiger partial charge >= 0.3 is 5.97 Å². The highest BCUT2D eigenvalue weighted by Crippen LogP contribution is 2.21. The second kappa shape index (κ2) is 8.90. The summed E-state index contributed by atoms with van der Waals surface area (Å²) >= 11 is 0. The lowest BCUT2D eigenvalue weighted by Gasteiger charge is -2.08. The van der Waals surface area contributed by atoms with Gasteiger partial charge in [-0.1, -0.05) is 12.1 Å². The highest BCUT2D eigenvalue weighted by atomic mass is 16.5. The van der Waals surface area contributed by atoms with Crippen LogP contribution < -0.4 is 10.5 Å². The van der Waals surface area contributed by atoms with E-state index in [1.54, 1.807) is 31.3 Å². The van der Waals surface area contributed by atoms with E-state index in [1.807, 2.05) is 12.1 Å². The summed E-state index contributed by atoms with van der Waals surface area (Å²) < 4.78 is 10.4. The Balaban J connectivity index is 1.62. The summed E-state index contributed by atoms with van der Waals surface area (Å²) in [7, 11) is 1.37. The van der Waals surface area contributed by atoms with E-state index in [1.165, 1.54) is 13.4 Å². The highest BCUT2D eigenvalue weighted by Gasteiger charge is 2.07. The monoisotopic (exact) mass is 379 g/mol. The maximum Gasteiger partial charge on any atom is 0.309 e. The number of hydrogen-bond acceptors (Lipinski definition) is 8. The third kappa shape index (κ3) is 5.23. The van der Waals surface area contributed by atoms with Crippen molar-refractivity contribution in [3.8, 4) is 11.6 Å². The predicted molar refractivity (Wildman–Crippen MR) is 103 cm³/mol. The number of carbonyl (C=O) groups excluding carboxylic acids is 1. The Morgan fingerprint density at radius 2 is 1.89 bits per heavy atom. The van der Waals surface area contributed by atoms with Crippen LogP contribution in [0.25, 0.3) is 0 Å². The van der Waals surface area contributed by atoms with E-state index in [0.29, 0.717) is 36.1 Å². The molecule has 0 amide bonds. The van der Waals surface area contributed by atoms with Crippen molar-refractivity contribution >= 4 is 11.8 Å². The zero-order chi connectivity index (χ0) is 19.9. The van der Waals surface area contributed by atoms with Crippen molar-refractivity contribution in [2.24, 2.45) is 0 Å². The lowest BCUT2D eigenvalue weighted by atomic mass is 10.1. The number of aromatic nitrogens is 4. The Morgan fingerprint density at radius 1 is 1.11 bits per heavy atom. The molecule has 3 rings (SSSR count). The molecule has 0 atom stereocenters. The first kappa shape index (κ1) is 19.2. The molecule has 0 spiro atoms. The van der Waals surface area contributed by atoms with Gasteiger partial charge in [0.25, 0.3) is 0 Å². The van der Waals surface area contributed by atoms with Gasteiger partial charge in [-0.25, -0.2) is 19.9 Å². The van der Waals surface area contributed by atoms with Crippen LogP contribution in [0.4, 0.5) is 5.82 Å². The fourth-order valence-corrected chi connectivity index (χ4v) is 2.57. The Bertz CT molecular complexity index is 960. The summed E-state index contributed by atoms with van der Waals surface area (Å²) in [6, 6.07) is 8.98. The molecule has 1 aromatic carbocycles. The minimum Gasteiger partial charge on any atom is -0.469 e. The van der Waals surface area contributed by atoms with E-state index in [4.69, 9.17) is 10.5 Å². The standard InChI is InChI=1S/C20H21N5O3/c1-13-22-11-15(20(21)25-13)5-6-16-10-18(24-12-23-16)28-17-7-3-14(4-8-17)9-19(26)27-2/h3-4,7-8,10-12H,5-6,9H2,1-2H3,(H2,21,22,25). The maximum atomic E-state index is 11.3. The molecule has 3 aromatic rings. The van der Waals surface area contributed by atoms with E-state index in [0.717, 1.165) is 16.8 Å². The van der Waals surface area contributed by atoms with Crippen molar-refractivity contribution < 1.29 is 14.3 Å². The minimum atomic E-state index is -0.284. The molecule has 0 aliphatic rings. The van der Waals surface area contributed by atoms with Crippen LogP contribution in [0.15, 0.2) is 42.9 Å². The summed E-state index contributed by atoms with van der Waals surface area (Å²) in [6.45, 7) is 1.80. The van der Waals surface area contributed by atoms with Gasteiger partial charge in [0.15, 0.2) is 0 Å². The summed E-state index contributed by atoms with van der Waals surface area (Å²) in [4.78, 5) is 28.1. The van der Waals surface area contributed by atoms with Crippen LogP contribution in [0.1, 0.15) is 22.6 Å². The molecule has 0 aliphatic heterocycles. The van der Waals surface area contributed by atoms with Gasteiger partial charge in [-0.3, -0.25) is 4.79 Å². The van der Waals surface area contributed by atoms with Crippen LogP contribution in [0.2, 0.25) is 0 Å². The lowest BCUT2D eigenvalue weighted by molar-refractivity contribution is -0.139. The molecule has 8 heteroatoms. The molecule has 0 saturated heterocycles. The molecule has 2 heterocycles. The van der Waals surface area contributed by atoms with Gasteiger partial charge in [0, 0.05) is 23.5 Å². The van der Waals surface area contributed by atoms with Crippen molar-refractivity contribution in [2.75, 3.05) is 12.8 Å². The topological polar surface area (TPSA) is 113 Å². The number of ether oxygens (including phenoxy) is 2. The second-order valence-corrected chi connectivity index (χ2v) is 6.17. The van der Waals surface area contributed by atoms with E-state index in [2.05, 4.69) is 24.7 Å². The summed E-state index contributed by atoms with van der Waals surface area (Å²) in [5.41, 5.74) is 8.49. The average Bonchev–Trinajstić information content (AvgIpc) is 2.69. The van der Waals surface area contributed by atoms with Crippen LogP contribution in [0.5, 0.6) is 11.6 Å². The maximum absolute atomic E-state index is 11.3. The molecule has 2 N–H and O–H groups in total. The first-order valence-corrected chi connectivity index (χ1v) is 8.76. The smallest absolute Gasteiger partial charge is 0.309 e. The molecule has 0 bridgehead atoms. The number of nitrogens with zero attached hydrogens (tertiary/aromatic N) is 4. The van der Waals surface area contributed by atoms with Crippen LogP contribution in [0, 0.1) is 6.92 Å². The van der Waals surface area contributed by atoms with E-state index >= 15 is 0 Å². The van der Waals surface area contributed by atoms with Gasteiger partial charge in [0.1, 0.15) is 23.7 Å². The van der Waals surface area contributed by atoms with Crippen LogP contribution in [0.3, 0.4) is 0 Å². The molecule has 0 fully saturated rings. The Kier molecular flexibility index (Phi) is 6.11. The number of methoxy groups -OCH3 is 1. The van der Waals surface area contributed by atoms with Gasteiger partial charge in [-0.2, -0.15) is 0 Å². The second-order valence-electron chi connectivity index (χ2n) is 6.17. The number of aryl methyl sites for hydroxylation is 3. The molecule has 8 nitrogen and oxygen atoms in total. The Labute approximate surface area is 162 Å². The van der Waals surface area contributed by atoms with Gasteiger partial charge in [-0.05, 0) is 37.5 Å². The van der Waals surface area contributed by atoms with Gasteiger partial charge < -0.3 is 15.2 Å². The molecule has 0 radical (unpaired) electrons. The summed E-state index contributed by atoms with van der Waals surface area (Å²) in [5.74, 6) is 1.92. The average molecular weight is 379 g/mol. The quantitative estimate of drug-likeness (QED) is 0.623. The largest absolute Gasteiger partial charge is 0.469 e. The number of benzene rings is 1. The summed E-state index contributed by atoms with van der Waals surface area (Å²) in [5, 5.41) is 0. The van der Waals surface area contributed by atoms with Crippen molar-refractivity contribution in [2.45, 2.75) is 26.2 Å². The zero-order valence-electron chi connectivity index (χ0n) is 15.8. The molecule has 28 heavy (non-hydrogen) atoms. The predicted octanol–water partition coefficient (Wildman–Crippen LogP) is 2.45. The number of esters is 1. The van der Waals surface area contributed by atoms with Crippen molar-refractivity contribution in [3.63, 3.8) is 0 Å². The minimum absolute atomic E-state index is 0.223. The highest BCUT2D eigenvalue weighted by molar-refractivity contribution is 5.72. The third-order valence-electron chi connectivity index (χ3n) is 4.09. The fourth-order valence-electron chi connectivity index (χ4n) is 2.57. The third-order valence-corrected chi connectivity index (χ3v) is 4.09. The SMILES string of the molecule is COC(=O)Cc1ccc(Oc2cc(CCc3cnc(C)nc3N)ncn2)cc1. The molecule has 0 saturated carbocycles. The Morgan fingerprint density at radius 3 is 2.61 bits per heavy atom. The lowest BCUT2D eigenvalue weighted by Crippen LogP contribution is -2.04. The first-order valence-electron chi connectivity index (χ1n) is 8.76. The van der Waals surface area contributed by atoms with Crippen LogP contribution >= 0.6 is 0 Å². The number of nitrogens with two attached hydrogens (primary N) is 1. The molecular formula is C20H21N5O3. The first-order chi connectivity index (χ1) is 13.5. The normalized spacial score (nSPS) is 10.5. The van der Waals surface area contributed by atoms with Crippen LogP contribution in [-0.2, 0) is 28.8 Å². The number of nitrogen functional groups attached to an aromatic ring is 1. The van der Waals surface area contributed by atoms with Gasteiger partial charge in [0.2, 0.25) is 5.88 Å². The van der Waals surface area contributed by atoms with E-state index in [9.17, 15) is 4.79 Å². The van der Waals surface area contributed by atoms with Gasteiger partial charge in [0.05, 0.1) is 13.5 Å². The Hall–Kier alpha value is -3.55. The van der Waals surface area contributed by atoms with Gasteiger partial charge in [-0.15, -0.1) is 0 Å².